The minimum absolute atomic E-state index is 0.0463. The molecular formula is C32H45N5O7S. The number of nitrogens with one attached hydrogen (secondary N) is 2. The average Bonchev–Trinajstić information content (AvgIpc) is 3.41. The number of ether oxygens (including phenoxy) is 3. The molecule has 1 aromatic heterocycles. The summed E-state index contributed by atoms with van der Waals surface area (Å²) in [6.45, 7) is 8.68. The van der Waals surface area contributed by atoms with Gasteiger partial charge in [0.1, 0.15) is 5.75 Å². The lowest BCUT2D eigenvalue weighted by Crippen LogP contribution is -2.43. The molecule has 0 bridgehead atoms. The number of amides is 3. The monoisotopic (exact) mass is 643 g/mol. The Hall–Kier alpha value is -3.97. The van der Waals surface area contributed by atoms with E-state index in [0.29, 0.717) is 53.4 Å². The fraction of sp³-hybridized carbons (Fsp3) is 0.500. The van der Waals surface area contributed by atoms with E-state index in [1.54, 1.807) is 55.3 Å². The molecule has 0 spiro atoms. The largest absolute Gasteiger partial charge is 0.493 e. The summed E-state index contributed by atoms with van der Waals surface area (Å²) in [5.41, 5.74) is 6.83. The van der Waals surface area contributed by atoms with Gasteiger partial charge in [-0.25, -0.2) is 0 Å². The first kappa shape index (κ1) is 35.5. The zero-order valence-corrected chi connectivity index (χ0v) is 27.7. The average molecular weight is 644 g/mol. The van der Waals surface area contributed by atoms with Crippen LogP contribution in [-0.2, 0) is 9.59 Å². The molecule has 3 rings (SSSR count). The van der Waals surface area contributed by atoms with Crippen LogP contribution in [0.1, 0.15) is 57.3 Å². The van der Waals surface area contributed by atoms with Gasteiger partial charge in [-0.1, -0.05) is 5.16 Å². The van der Waals surface area contributed by atoms with Gasteiger partial charge in [0.2, 0.25) is 11.8 Å². The minimum atomic E-state index is -0.658. The van der Waals surface area contributed by atoms with Gasteiger partial charge in [-0.15, -0.1) is 0 Å². The van der Waals surface area contributed by atoms with E-state index in [9.17, 15) is 14.4 Å². The molecule has 0 aliphatic heterocycles. The maximum Gasteiger partial charge on any atom is 0.254 e. The van der Waals surface area contributed by atoms with Crippen molar-refractivity contribution in [2.24, 2.45) is 5.73 Å². The highest BCUT2D eigenvalue weighted by Gasteiger charge is 2.23. The Balaban J connectivity index is 1.43. The third kappa shape index (κ3) is 10.3. The lowest BCUT2D eigenvalue weighted by atomic mass is 10.1. The Labute approximate surface area is 268 Å². The second-order valence-electron chi connectivity index (χ2n) is 11.0. The zero-order chi connectivity index (χ0) is 32.9. The highest BCUT2D eigenvalue weighted by atomic mass is 32.2. The fourth-order valence-electron chi connectivity index (χ4n) is 4.66. The van der Waals surface area contributed by atoms with Crippen LogP contribution in [0.5, 0.6) is 17.2 Å². The summed E-state index contributed by atoms with van der Waals surface area (Å²) >= 11 is 1.60. The Kier molecular flexibility index (Phi) is 13.8. The van der Waals surface area contributed by atoms with Gasteiger partial charge < -0.3 is 40.0 Å². The maximum atomic E-state index is 13.0. The summed E-state index contributed by atoms with van der Waals surface area (Å²) in [6.07, 6.45) is 3.94. The second-order valence-corrected chi connectivity index (χ2v) is 12.0. The van der Waals surface area contributed by atoms with Crippen LogP contribution >= 0.6 is 11.8 Å². The molecule has 0 unspecified atom stereocenters. The summed E-state index contributed by atoms with van der Waals surface area (Å²) in [6, 6.07) is 9.97. The number of thioether (sulfide) groups is 1. The lowest BCUT2D eigenvalue weighted by Gasteiger charge is -2.31. The molecule has 0 aliphatic rings. The zero-order valence-electron chi connectivity index (χ0n) is 26.9. The SMILES string of the molecule is COc1cc(C(=O)N(C(C)C)C(C)C)ccc1OCCCCOc1ccc2c(NC(=O)CNC(=O)[C@@H](N)CCSC)noc2c1. The van der Waals surface area contributed by atoms with Crippen LogP contribution in [-0.4, -0.2) is 84.8 Å². The molecule has 12 nitrogen and oxygen atoms in total. The predicted octanol–water partition coefficient (Wildman–Crippen LogP) is 4.47. The van der Waals surface area contributed by atoms with Crippen molar-refractivity contribution in [3.05, 3.63) is 42.0 Å². The summed E-state index contributed by atoms with van der Waals surface area (Å²) < 4.78 is 22.6. The summed E-state index contributed by atoms with van der Waals surface area (Å²) in [4.78, 5) is 39.2. The van der Waals surface area contributed by atoms with Crippen molar-refractivity contribution in [1.29, 1.82) is 0 Å². The molecule has 4 N–H and O–H groups in total. The standard InChI is InChI=1S/C32H45N5O7S/c1-20(2)37(21(3)4)32(40)22-9-12-26(28(17-22)41-5)43-15-8-7-14-42-23-10-11-24-27(18-23)44-36-30(24)35-29(38)19-34-31(39)25(33)13-16-45-6/h9-12,17-18,20-21,25H,7-8,13-16,19,33H2,1-6H3,(H,34,39)(H,35,36,38)/t25-/m0/s1. The minimum Gasteiger partial charge on any atom is -0.493 e. The number of methoxy groups -OCH3 is 1. The Morgan fingerprint density at radius 3 is 2.38 bits per heavy atom. The van der Waals surface area contributed by atoms with Crippen LogP contribution in [0.2, 0.25) is 0 Å². The number of fused-ring (bicyclic) bond motifs is 1. The molecule has 0 aliphatic carbocycles. The van der Waals surface area contributed by atoms with Crippen LogP contribution in [0.3, 0.4) is 0 Å². The van der Waals surface area contributed by atoms with Crippen molar-refractivity contribution in [2.45, 2.75) is 65.1 Å². The summed E-state index contributed by atoms with van der Waals surface area (Å²) in [7, 11) is 1.56. The van der Waals surface area contributed by atoms with Crippen molar-refractivity contribution >= 4 is 46.3 Å². The van der Waals surface area contributed by atoms with E-state index >= 15 is 0 Å². The fourth-order valence-corrected chi connectivity index (χ4v) is 5.15. The first-order valence-electron chi connectivity index (χ1n) is 15.0. The van der Waals surface area contributed by atoms with Crippen molar-refractivity contribution in [3.8, 4) is 17.2 Å². The van der Waals surface area contributed by atoms with Gasteiger partial charge in [-0.3, -0.25) is 14.4 Å². The number of nitrogens with zero attached hydrogens (tertiary/aromatic N) is 2. The molecule has 1 atom stereocenters. The Morgan fingerprint density at radius 1 is 1.00 bits per heavy atom. The topological polar surface area (TPSA) is 158 Å². The number of benzene rings is 2. The molecule has 3 aromatic rings. The number of rotatable bonds is 18. The number of anilines is 1. The molecule has 246 valence electrons. The molecule has 1 heterocycles. The number of carbonyl (C=O) groups excluding carboxylic acids is 3. The molecule has 0 saturated heterocycles. The van der Waals surface area contributed by atoms with Crippen molar-refractivity contribution in [3.63, 3.8) is 0 Å². The summed E-state index contributed by atoms with van der Waals surface area (Å²) in [5.74, 6) is 1.84. The molecule has 0 saturated carbocycles. The van der Waals surface area contributed by atoms with Gasteiger partial charge in [-0.2, -0.15) is 11.8 Å². The molecule has 45 heavy (non-hydrogen) atoms. The van der Waals surface area contributed by atoms with Crippen molar-refractivity contribution in [2.75, 3.05) is 44.2 Å². The van der Waals surface area contributed by atoms with E-state index in [0.717, 1.165) is 18.6 Å². The predicted molar refractivity (Wildman–Crippen MR) is 176 cm³/mol. The lowest BCUT2D eigenvalue weighted by molar-refractivity contribution is -0.125. The highest BCUT2D eigenvalue weighted by Crippen LogP contribution is 2.30. The molecule has 0 fully saturated rings. The van der Waals surface area contributed by atoms with E-state index in [4.69, 9.17) is 24.5 Å². The van der Waals surface area contributed by atoms with Crippen molar-refractivity contribution in [1.82, 2.24) is 15.4 Å². The smallest absolute Gasteiger partial charge is 0.254 e. The molecule has 13 heteroatoms. The molecule has 3 amide bonds. The number of nitrogens with two attached hydrogens (primary N) is 1. The van der Waals surface area contributed by atoms with Gasteiger partial charge in [0.05, 0.1) is 38.3 Å². The van der Waals surface area contributed by atoms with Crippen LogP contribution in [0.15, 0.2) is 40.9 Å². The van der Waals surface area contributed by atoms with E-state index in [1.165, 1.54) is 0 Å². The first-order valence-corrected chi connectivity index (χ1v) is 16.4. The van der Waals surface area contributed by atoms with E-state index in [1.807, 2.05) is 38.9 Å². The van der Waals surface area contributed by atoms with Crippen LogP contribution in [0.25, 0.3) is 11.0 Å². The first-order chi connectivity index (χ1) is 21.5. The molecule has 2 aromatic carbocycles. The van der Waals surface area contributed by atoms with Gasteiger partial charge in [0, 0.05) is 23.7 Å². The number of hydrogen-bond acceptors (Lipinski definition) is 10. The highest BCUT2D eigenvalue weighted by molar-refractivity contribution is 7.98. The van der Waals surface area contributed by atoms with Crippen molar-refractivity contribution < 1.29 is 33.1 Å². The maximum absolute atomic E-state index is 13.0. The van der Waals surface area contributed by atoms with Gasteiger partial charge >= 0.3 is 0 Å². The van der Waals surface area contributed by atoms with Crippen LogP contribution in [0, 0.1) is 0 Å². The number of carbonyl (C=O) groups is 3. The van der Waals surface area contributed by atoms with Gasteiger partial charge in [-0.05, 0) is 89.3 Å². The quantitative estimate of drug-likeness (QED) is 0.169. The Morgan fingerprint density at radius 2 is 1.71 bits per heavy atom. The van der Waals surface area contributed by atoms with Gasteiger partial charge in [0.15, 0.2) is 22.9 Å². The molecular weight excluding hydrogens is 598 g/mol. The normalized spacial score (nSPS) is 11.8. The summed E-state index contributed by atoms with van der Waals surface area (Å²) in [5, 5.41) is 9.72. The van der Waals surface area contributed by atoms with Crippen LogP contribution < -0.4 is 30.6 Å². The molecule has 0 radical (unpaired) electrons. The third-order valence-electron chi connectivity index (χ3n) is 6.92. The number of aromatic nitrogens is 1. The third-order valence-corrected chi connectivity index (χ3v) is 7.56. The number of hydrogen-bond donors (Lipinski definition) is 3. The number of unbranched alkanes of at least 4 members (excludes halogenated alkanes) is 1. The van der Waals surface area contributed by atoms with E-state index in [-0.39, 0.29) is 36.3 Å². The second kappa shape index (κ2) is 17.5. The van der Waals surface area contributed by atoms with E-state index < -0.39 is 11.9 Å². The van der Waals surface area contributed by atoms with Gasteiger partial charge in [0.25, 0.3) is 5.91 Å². The Bertz CT molecular complexity index is 1420. The van der Waals surface area contributed by atoms with E-state index in [2.05, 4.69) is 15.8 Å². The van der Waals surface area contributed by atoms with Crippen LogP contribution in [0.4, 0.5) is 5.82 Å².